The molecule has 31 heavy (non-hydrogen) atoms. The van der Waals surface area contributed by atoms with Crippen LogP contribution in [0.15, 0.2) is 63.9 Å². The van der Waals surface area contributed by atoms with E-state index >= 15 is 0 Å². The maximum absolute atomic E-state index is 12.3. The van der Waals surface area contributed by atoms with Crippen LogP contribution in [0.4, 0.5) is 0 Å². The molecule has 0 amide bonds. The predicted octanol–water partition coefficient (Wildman–Crippen LogP) is 3.14. The zero-order valence-corrected chi connectivity index (χ0v) is 16.6. The molecule has 4 aromatic rings. The zero-order valence-electron chi connectivity index (χ0n) is 16.6. The molecule has 2 aromatic heterocycles. The van der Waals surface area contributed by atoms with Gasteiger partial charge in [-0.15, -0.1) is 0 Å². The molecule has 9 nitrogen and oxygen atoms in total. The fraction of sp³-hybridized carbons (Fsp3) is 0.182. The van der Waals surface area contributed by atoms with Crippen molar-refractivity contribution < 1.29 is 18.7 Å². The van der Waals surface area contributed by atoms with Gasteiger partial charge in [0.2, 0.25) is 18.5 Å². The van der Waals surface area contributed by atoms with Crippen LogP contribution in [-0.2, 0) is 6.54 Å². The number of hydrogen-bond acceptors (Lipinski definition) is 8. The summed E-state index contributed by atoms with van der Waals surface area (Å²) in [5.41, 5.74) is 1.90. The van der Waals surface area contributed by atoms with Gasteiger partial charge >= 0.3 is 0 Å². The van der Waals surface area contributed by atoms with Crippen LogP contribution in [0.25, 0.3) is 22.6 Å². The second kappa shape index (κ2) is 7.94. The van der Waals surface area contributed by atoms with Crippen molar-refractivity contribution in [1.29, 1.82) is 0 Å². The van der Waals surface area contributed by atoms with Gasteiger partial charge in [0.05, 0.1) is 12.3 Å². The van der Waals surface area contributed by atoms with E-state index in [-0.39, 0.29) is 24.8 Å². The highest BCUT2D eigenvalue weighted by molar-refractivity contribution is 5.64. The Labute approximate surface area is 176 Å². The summed E-state index contributed by atoms with van der Waals surface area (Å²) >= 11 is 0. The van der Waals surface area contributed by atoms with E-state index in [4.69, 9.17) is 18.7 Å². The number of rotatable bonds is 6. The first-order chi connectivity index (χ1) is 15.2. The minimum absolute atomic E-state index is 0.0510. The molecule has 0 radical (unpaired) electrons. The number of fused-ring (bicyclic) bond motifs is 1. The van der Waals surface area contributed by atoms with Gasteiger partial charge in [-0.05, 0) is 43.3 Å². The summed E-state index contributed by atoms with van der Waals surface area (Å²) in [4.78, 5) is 16.7. The number of benzene rings is 2. The Morgan fingerprint density at radius 3 is 2.84 bits per heavy atom. The molecule has 3 heterocycles. The Balaban J connectivity index is 1.40. The first-order valence-electron chi connectivity index (χ1n) is 9.73. The normalized spacial score (nSPS) is 12.2. The lowest BCUT2D eigenvalue weighted by atomic mass is 10.1. The molecule has 0 fully saturated rings. The average molecular weight is 418 g/mol. The van der Waals surface area contributed by atoms with E-state index < -0.39 is 0 Å². The van der Waals surface area contributed by atoms with Gasteiger partial charge in [0.25, 0.3) is 5.56 Å². The molecule has 0 saturated heterocycles. The summed E-state index contributed by atoms with van der Waals surface area (Å²) in [5, 5.41) is 8.46. The van der Waals surface area contributed by atoms with Crippen LogP contribution in [-0.4, -0.2) is 33.3 Å². The van der Waals surface area contributed by atoms with E-state index in [1.54, 1.807) is 6.07 Å². The Morgan fingerprint density at radius 1 is 1.03 bits per heavy atom. The number of nitrogens with zero attached hydrogens (tertiary/aromatic N) is 4. The monoisotopic (exact) mass is 418 g/mol. The molecular weight excluding hydrogens is 400 g/mol. The minimum Gasteiger partial charge on any atom is -0.494 e. The molecule has 0 atom stereocenters. The van der Waals surface area contributed by atoms with Crippen LogP contribution in [0.1, 0.15) is 12.8 Å². The summed E-state index contributed by atoms with van der Waals surface area (Å²) in [7, 11) is 0. The van der Waals surface area contributed by atoms with Crippen LogP contribution in [0.2, 0.25) is 0 Å². The van der Waals surface area contributed by atoms with Gasteiger partial charge < -0.3 is 18.7 Å². The van der Waals surface area contributed by atoms with Crippen LogP contribution in [0.5, 0.6) is 17.2 Å². The summed E-state index contributed by atoms with van der Waals surface area (Å²) < 4.78 is 22.9. The lowest BCUT2D eigenvalue weighted by Crippen LogP contribution is -2.23. The van der Waals surface area contributed by atoms with Crippen LogP contribution >= 0.6 is 0 Å². The van der Waals surface area contributed by atoms with Gasteiger partial charge in [-0.2, -0.15) is 10.1 Å². The Bertz CT molecular complexity index is 1300. The van der Waals surface area contributed by atoms with Gasteiger partial charge in [0.15, 0.2) is 11.5 Å². The van der Waals surface area contributed by atoms with Gasteiger partial charge in [0, 0.05) is 17.2 Å². The molecule has 5 rings (SSSR count). The first-order valence-corrected chi connectivity index (χ1v) is 9.73. The SMILES string of the molecule is CCOc1cccc(-c2noc(Cn3nc(-c4ccc5c(c4)OCO5)ccc3=O)n2)c1. The lowest BCUT2D eigenvalue weighted by molar-refractivity contribution is 0.174. The maximum Gasteiger partial charge on any atom is 0.267 e. The summed E-state index contributed by atoms with van der Waals surface area (Å²) in [6.07, 6.45) is 0. The fourth-order valence-corrected chi connectivity index (χ4v) is 3.23. The van der Waals surface area contributed by atoms with Crippen molar-refractivity contribution in [1.82, 2.24) is 19.9 Å². The molecule has 0 aliphatic carbocycles. The highest BCUT2D eigenvalue weighted by atomic mass is 16.7. The molecular formula is C22H18N4O5. The lowest BCUT2D eigenvalue weighted by Gasteiger charge is -2.06. The molecule has 0 bridgehead atoms. The van der Waals surface area contributed by atoms with E-state index in [0.717, 1.165) is 16.9 Å². The van der Waals surface area contributed by atoms with E-state index in [0.29, 0.717) is 29.6 Å². The fourth-order valence-electron chi connectivity index (χ4n) is 3.23. The van der Waals surface area contributed by atoms with Crippen molar-refractivity contribution in [3.05, 3.63) is 70.8 Å². The van der Waals surface area contributed by atoms with E-state index in [2.05, 4.69) is 15.2 Å². The highest BCUT2D eigenvalue weighted by Crippen LogP contribution is 2.35. The molecule has 156 valence electrons. The van der Waals surface area contributed by atoms with Crippen LogP contribution < -0.4 is 19.8 Å². The summed E-state index contributed by atoms with van der Waals surface area (Å²) in [6, 6.07) is 16.0. The standard InChI is InChI=1S/C22H18N4O5/c1-2-28-16-5-3-4-15(10-16)22-23-20(31-25-22)12-26-21(27)9-7-17(24-26)14-6-8-18-19(11-14)30-13-29-18/h3-11H,2,12-13H2,1H3. The molecule has 0 spiro atoms. The van der Waals surface area contributed by atoms with Crippen molar-refractivity contribution >= 4 is 0 Å². The molecule has 0 saturated carbocycles. The topological polar surface area (TPSA) is 102 Å². The Kier molecular flexibility index (Phi) is 4.83. The smallest absolute Gasteiger partial charge is 0.267 e. The van der Waals surface area contributed by atoms with Crippen molar-refractivity contribution in [3.63, 3.8) is 0 Å². The molecule has 9 heteroatoms. The van der Waals surface area contributed by atoms with E-state index in [9.17, 15) is 4.79 Å². The van der Waals surface area contributed by atoms with E-state index in [1.807, 2.05) is 49.4 Å². The van der Waals surface area contributed by atoms with E-state index in [1.165, 1.54) is 10.7 Å². The quantitative estimate of drug-likeness (QED) is 0.471. The Hall–Kier alpha value is -4.14. The third-order valence-corrected chi connectivity index (χ3v) is 4.69. The van der Waals surface area contributed by atoms with Gasteiger partial charge in [-0.3, -0.25) is 4.79 Å². The average Bonchev–Trinajstić information content (AvgIpc) is 3.45. The largest absolute Gasteiger partial charge is 0.494 e. The number of ether oxygens (including phenoxy) is 3. The van der Waals surface area contributed by atoms with Gasteiger partial charge in [0.1, 0.15) is 12.3 Å². The molecule has 0 N–H and O–H groups in total. The second-order valence-electron chi connectivity index (χ2n) is 6.76. The van der Waals surface area contributed by atoms with Crippen LogP contribution in [0, 0.1) is 0 Å². The minimum atomic E-state index is -0.275. The molecule has 1 aliphatic heterocycles. The molecule has 0 unspecified atom stereocenters. The number of hydrogen-bond donors (Lipinski definition) is 0. The third-order valence-electron chi connectivity index (χ3n) is 4.69. The summed E-state index contributed by atoms with van der Waals surface area (Å²) in [6.45, 7) is 2.73. The Morgan fingerprint density at radius 2 is 1.94 bits per heavy atom. The van der Waals surface area contributed by atoms with Crippen molar-refractivity contribution in [3.8, 4) is 39.9 Å². The first kappa shape index (κ1) is 18.9. The zero-order chi connectivity index (χ0) is 21.2. The molecule has 2 aromatic carbocycles. The summed E-state index contributed by atoms with van der Waals surface area (Å²) in [5.74, 6) is 2.74. The van der Waals surface area contributed by atoms with Gasteiger partial charge in [-0.25, -0.2) is 4.68 Å². The second-order valence-corrected chi connectivity index (χ2v) is 6.76. The van der Waals surface area contributed by atoms with Crippen molar-refractivity contribution in [2.24, 2.45) is 0 Å². The maximum atomic E-state index is 12.3. The predicted molar refractivity (Wildman–Crippen MR) is 110 cm³/mol. The highest BCUT2D eigenvalue weighted by Gasteiger charge is 2.16. The van der Waals surface area contributed by atoms with Crippen molar-refractivity contribution in [2.75, 3.05) is 13.4 Å². The molecule has 1 aliphatic rings. The van der Waals surface area contributed by atoms with Crippen LogP contribution in [0.3, 0.4) is 0 Å². The van der Waals surface area contributed by atoms with Gasteiger partial charge in [-0.1, -0.05) is 17.3 Å². The van der Waals surface area contributed by atoms with Crippen molar-refractivity contribution in [2.45, 2.75) is 13.5 Å². The number of aromatic nitrogens is 4. The third kappa shape index (κ3) is 3.85.